The highest BCUT2D eigenvalue weighted by Crippen LogP contribution is 2.23. The molecule has 3 rings (SSSR count). The normalized spacial score (nSPS) is 17.4. The molecule has 20 heavy (non-hydrogen) atoms. The second kappa shape index (κ2) is 5.43. The molecular formula is C16H17N3O. The Morgan fingerprint density at radius 3 is 3.05 bits per heavy atom. The third-order valence-electron chi connectivity index (χ3n) is 3.54. The third-order valence-corrected chi connectivity index (χ3v) is 3.54. The van der Waals surface area contributed by atoms with Crippen LogP contribution in [0.4, 0.5) is 5.69 Å². The van der Waals surface area contributed by atoms with E-state index in [1.807, 2.05) is 31.2 Å². The standard InChI is InChI=1S/C16H17N3O/c1-11-10-13(7-9-17-11)19-16(20)15-14-5-3-2-4-12(14)6-8-18-15/h2-5,7,9-10,15,18H,6,8H2,1H3,(H,17,19,20). The summed E-state index contributed by atoms with van der Waals surface area (Å²) >= 11 is 0. The van der Waals surface area contributed by atoms with Crippen molar-refractivity contribution in [3.05, 3.63) is 59.4 Å². The molecule has 1 unspecified atom stereocenters. The van der Waals surface area contributed by atoms with Gasteiger partial charge in [-0.05, 0) is 36.6 Å². The molecule has 4 nitrogen and oxygen atoms in total. The van der Waals surface area contributed by atoms with Gasteiger partial charge in [0.15, 0.2) is 0 Å². The van der Waals surface area contributed by atoms with E-state index in [0.717, 1.165) is 29.9 Å². The fraction of sp³-hybridized carbons (Fsp3) is 0.250. The van der Waals surface area contributed by atoms with E-state index in [2.05, 4.69) is 21.7 Å². The molecule has 1 aromatic heterocycles. The molecule has 1 atom stereocenters. The fourth-order valence-electron chi connectivity index (χ4n) is 2.58. The second-order valence-corrected chi connectivity index (χ2v) is 5.01. The molecule has 0 aliphatic carbocycles. The number of carbonyl (C=O) groups is 1. The summed E-state index contributed by atoms with van der Waals surface area (Å²) in [6, 6.07) is 11.5. The van der Waals surface area contributed by atoms with E-state index in [-0.39, 0.29) is 11.9 Å². The molecule has 2 N–H and O–H groups in total. The van der Waals surface area contributed by atoms with Gasteiger partial charge >= 0.3 is 0 Å². The van der Waals surface area contributed by atoms with Gasteiger partial charge in [0.05, 0.1) is 0 Å². The first-order chi connectivity index (χ1) is 9.74. The third kappa shape index (κ3) is 2.56. The highest BCUT2D eigenvalue weighted by atomic mass is 16.2. The highest BCUT2D eigenvalue weighted by Gasteiger charge is 2.25. The van der Waals surface area contributed by atoms with Crippen LogP contribution >= 0.6 is 0 Å². The SMILES string of the molecule is Cc1cc(NC(=O)C2NCCc3ccccc32)ccn1. The van der Waals surface area contributed by atoms with E-state index in [1.165, 1.54) is 5.56 Å². The zero-order valence-electron chi connectivity index (χ0n) is 11.4. The van der Waals surface area contributed by atoms with Crippen molar-refractivity contribution in [3.8, 4) is 0 Å². The Morgan fingerprint density at radius 2 is 2.20 bits per heavy atom. The van der Waals surface area contributed by atoms with Crippen LogP contribution in [0.2, 0.25) is 0 Å². The molecule has 1 aliphatic rings. The van der Waals surface area contributed by atoms with Gasteiger partial charge < -0.3 is 10.6 Å². The van der Waals surface area contributed by atoms with E-state index in [0.29, 0.717) is 0 Å². The van der Waals surface area contributed by atoms with Gasteiger partial charge in [0.1, 0.15) is 6.04 Å². The average molecular weight is 267 g/mol. The Balaban J connectivity index is 1.82. The summed E-state index contributed by atoms with van der Waals surface area (Å²) in [6.07, 6.45) is 2.67. The molecule has 102 valence electrons. The van der Waals surface area contributed by atoms with E-state index in [4.69, 9.17) is 0 Å². The summed E-state index contributed by atoms with van der Waals surface area (Å²) in [7, 11) is 0. The molecule has 2 aromatic rings. The smallest absolute Gasteiger partial charge is 0.246 e. The van der Waals surface area contributed by atoms with Crippen LogP contribution in [0.3, 0.4) is 0 Å². The maximum atomic E-state index is 12.4. The van der Waals surface area contributed by atoms with Crippen molar-refractivity contribution in [2.24, 2.45) is 0 Å². The molecular weight excluding hydrogens is 250 g/mol. The largest absolute Gasteiger partial charge is 0.324 e. The summed E-state index contributed by atoms with van der Waals surface area (Å²) in [5, 5.41) is 6.23. The molecule has 0 saturated heterocycles. The van der Waals surface area contributed by atoms with Crippen molar-refractivity contribution >= 4 is 11.6 Å². The zero-order chi connectivity index (χ0) is 13.9. The number of anilines is 1. The van der Waals surface area contributed by atoms with Crippen molar-refractivity contribution in [1.29, 1.82) is 0 Å². The van der Waals surface area contributed by atoms with Gasteiger partial charge in [-0.3, -0.25) is 9.78 Å². The maximum Gasteiger partial charge on any atom is 0.246 e. The number of nitrogens with one attached hydrogen (secondary N) is 2. The molecule has 0 radical (unpaired) electrons. The molecule has 1 amide bonds. The van der Waals surface area contributed by atoms with Gasteiger partial charge in [0, 0.05) is 24.1 Å². The first-order valence-electron chi connectivity index (χ1n) is 6.79. The molecule has 1 aliphatic heterocycles. The molecule has 1 aromatic carbocycles. The fourth-order valence-corrected chi connectivity index (χ4v) is 2.58. The quantitative estimate of drug-likeness (QED) is 0.877. The Labute approximate surface area is 118 Å². The minimum atomic E-state index is -0.284. The molecule has 2 heterocycles. The first kappa shape index (κ1) is 12.8. The number of aromatic nitrogens is 1. The lowest BCUT2D eigenvalue weighted by Crippen LogP contribution is -2.38. The Kier molecular flexibility index (Phi) is 3.48. The predicted octanol–water partition coefficient (Wildman–Crippen LogP) is 2.22. The number of hydrogen-bond donors (Lipinski definition) is 2. The first-order valence-corrected chi connectivity index (χ1v) is 6.79. The Morgan fingerprint density at radius 1 is 1.35 bits per heavy atom. The van der Waals surface area contributed by atoms with Crippen LogP contribution < -0.4 is 10.6 Å². The lowest BCUT2D eigenvalue weighted by Gasteiger charge is -2.26. The topological polar surface area (TPSA) is 54.0 Å². The highest BCUT2D eigenvalue weighted by molar-refractivity contribution is 5.95. The summed E-state index contributed by atoms with van der Waals surface area (Å²) in [4.78, 5) is 16.6. The summed E-state index contributed by atoms with van der Waals surface area (Å²) in [5.41, 5.74) is 3.99. The van der Waals surface area contributed by atoms with Crippen LogP contribution in [-0.4, -0.2) is 17.4 Å². The van der Waals surface area contributed by atoms with Crippen LogP contribution in [0.25, 0.3) is 0 Å². The van der Waals surface area contributed by atoms with E-state index < -0.39 is 0 Å². The van der Waals surface area contributed by atoms with Gasteiger partial charge in [-0.15, -0.1) is 0 Å². The summed E-state index contributed by atoms with van der Waals surface area (Å²) < 4.78 is 0. The zero-order valence-corrected chi connectivity index (χ0v) is 11.4. The number of benzene rings is 1. The van der Waals surface area contributed by atoms with E-state index >= 15 is 0 Å². The summed E-state index contributed by atoms with van der Waals surface area (Å²) in [5.74, 6) is -0.0252. The monoisotopic (exact) mass is 267 g/mol. The van der Waals surface area contributed by atoms with Gasteiger partial charge in [-0.25, -0.2) is 0 Å². The van der Waals surface area contributed by atoms with Crippen LogP contribution in [0, 0.1) is 6.92 Å². The Hall–Kier alpha value is -2.20. The maximum absolute atomic E-state index is 12.4. The van der Waals surface area contributed by atoms with Gasteiger partial charge in [-0.2, -0.15) is 0 Å². The van der Waals surface area contributed by atoms with Crippen LogP contribution in [0.1, 0.15) is 22.9 Å². The van der Waals surface area contributed by atoms with Crippen LogP contribution in [0.15, 0.2) is 42.6 Å². The molecule has 0 saturated carbocycles. The van der Waals surface area contributed by atoms with Crippen LogP contribution in [0.5, 0.6) is 0 Å². The van der Waals surface area contributed by atoms with Crippen molar-refractivity contribution in [2.45, 2.75) is 19.4 Å². The average Bonchev–Trinajstić information content (AvgIpc) is 2.46. The van der Waals surface area contributed by atoms with Gasteiger partial charge in [0.25, 0.3) is 0 Å². The Bertz CT molecular complexity index is 639. The lowest BCUT2D eigenvalue weighted by atomic mass is 9.94. The van der Waals surface area contributed by atoms with Gasteiger partial charge in [-0.1, -0.05) is 24.3 Å². The number of aryl methyl sites for hydroxylation is 1. The number of amides is 1. The van der Waals surface area contributed by atoms with E-state index in [1.54, 1.807) is 12.3 Å². The predicted molar refractivity (Wildman–Crippen MR) is 78.5 cm³/mol. The van der Waals surface area contributed by atoms with Crippen molar-refractivity contribution in [1.82, 2.24) is 10.3 Å². The molecule has 0 fully saturated rings. The van der Waals surface area contributed by atoms with Gasteiger partial charge in [0.2, 0.25) is 5.91 Å². The number of fused-ring (bicyclic) bond motifs is 1. The minimum Gasteiger partial charge on any atom is -0.324 e. The van der Waals surface area contributed by atoms with Crippen molar-refractivity contribution in [3.63, 3.8) is 0 Å². The van der Waals surface area contributed by atoms with E-state index in [9.17, 15) is 4.79 Å². The number of rotatable bonds is 2. The molecule has 0 bridgehead atoms. The molecule has 0 spiro atoms. The molecule has 4 heteroatoms. The van der Waals surface area contributed by atoms with Crippen molar-refractivity contribution < 1.29 is 4.79 Å². The van der Waals surface area contributed by atoms with Crippen LogP contribution in [-0.2, 0) is 11.2 Å². The van der Waals surface area contributed by atoms with Crippen molar-refractivity contribution in [2.75, 3.05) is 11.9 Å². The summed E-state index contributed by atoms with van der Waals surface area (Å²) in [6.45, 7) is 2.73. The number of hydrogen-bond acceptors (Lipinski definition) is 3. The number of pyridine rings is 1. The number of carbonyl (C=O) groups excluding carboxylic acids is 1. The number of nitrogens with zero attached hydrogens (tertiary/aromatic N) is 1. The second-order valence-electron chi connectivity index (χ2n) is 5.01. The lowest BCUT2D eigenvalue weighted by molar-refractivity contribution is -0.118. The minimum absolute atomic E-state index is 0.0252.